The van der Waals surface area contributed by atoms with Gasteiger partial charge in [-0.3, -0.25) is 9.78 Å². The molecule has 0 aliphatic carbocycles. The summed E-state index contributed by atoms with van der Waals surface area (Å²) in [6.07, 6.45) is 1.72. The van der Waals surface area contributed by atoms with Crippen molar-refractivity contribution in [1.82, 2.24) is 15.3 Å². The van der Waals surface area contributed by atoms with Gasteiger partial charge in [-0.15, -0.1) is 11.3 Å². The van der Waals surface area contributed by atoms with E-state index in [1.807, 2.05) is 49.4 Å². The molecule has 3 rings (SSSR count). The molecule has 110 valence electrons. The van der Waals surface area contributed by atoms with Gasteiger partial charge >= 0.3 is 0 Å². The second-order valence-electron chi connectivity index (χ2n) is 4.86. The molecule has 0 aliphatic heterocycles. The van der Waals surface area contributed by atoms with Crippen LogP contribution in [0.15, 0.2) is 54.0 Å². The highest BCUT2D eigenvalue weighted by atomic mass is 32.1. The highest BCUT2D eigenvalue weighted by Gasteiger charge is 2.12. The first kappa shape index (κ1) is 14.4. The van der Waals surface area contributed by atoms with Crippen molar-refractivity contribution in [3.8, 4) is 10.7 Å². The average molecular weight is 309 g/mol. The largest absolute Gasteiger partial charge is 0.347 e. The number of amides is 1. The zero-order valence-electron chi connectivity index (χ0n) is 12.1. The molecule has 0 aliphatic rings. The number of carbonyl (C=O) groups excluding carboxylic acids is 1. The lowest BCUT2D eigenvalue weighted by Gasteiger charge is -2.06. The second-order valence-corrected chi connectivity index (χ2v) is 5.72. The summed E-state index contributed by atoms with van der Waals surface area (Å²) in [6.45, 7) is 2.53. The van der Waals surface area contributed by atoms with Crippen LogP contribution in [0, 0.1) is 6.92 Å². The molecule has 0 saturated carbocycles. The van der Waals surface area contributed by atoms with Gasteiger partial charge in [0.1, 0.15) is 10.7 Å². The first-order valence-corrected chi connectivity index (χ1v) is 7.81. The van der Waals surface area contributed by atoms with Gasteiger partial charge in [-0.05, 0) is 30.2 Å². The molecule has 5 heteroatoms. The molecule has 0 atom stereocenters. The van der Waals surface area contributed by atoms with Gasteiger partial charge in [0.25, 0.3) is 5.91 Å². The number of hydrogen-bond acceptors (Lipinski definition) is 4. The van der Waals surface area contributed by atoms with Gasteiger partial charge in [0.2, 0.25) is 0 Å². The molecule has 0 fully saturated rings. The SMILES string of the molecule is Cc1ccccc1CNC(=O)c1csc(-c2ccccn2)n1. The fourth-order valence-electron chi connectivity index (χ4n) is 2.06. The number of nitrogens with zero attached hydrogens (tertiary/aromatic N) is 2. The Labute approximate surface area is 132 Å². The lowest BCUT2D eigenvalue weighted by molar-refractivity contribution is 0.0946. The second kappa shape index (κ2) is 6.49. The van der Waals surface area contributed by atoms with Crippen LogP contribution in [0.2, 0.25) is 0 Å². The van der Waals surface area contributed by atoms with Gasteiger partial charge in [0.05, 0.1) is 5.69 Å². The molecule has 0 unspecified atom stereocenters. The van der Waals surface area contributed by atoms with Crippen LogP contribution in [-0.2, 0) is 6.54 Å². The van der Waals surface area contributed by atoms with E-state index in [4.69, 9.17) is 0 Å². The summed E-state index contributed by atoms with van der Waals surface area (Å²) in [6, 6.07) is 13.6. The number of benzene rings is 1. The predicted octanol–water partition coefficient (Wildman–Crippen LogP) is 3.44. The van der Waals surface area contributed by atoms with E-state index in [0.717, 1.165) is 21.8 Å². The topological polar surface area (TPSA) is 54.9 Å². The van der Waals surface area contributed by atoms with Crippen LogP contribution >= 0.6 is 11.3 Å². The normalized spacial score (nSPS) is 10.4. The third-order valence-corrected chi connectivity index (χ3v) is 4.19. The first-order chi connectivity index (χ1) is 10.7. The summed E-state index contributed by atoms with van der Waals surface area (Å²) in [5, 5.41) is 5.42. The molecule has 1 N–H and O–H groups in total. The van der Waals surface area contributed by atoms with Crippen molar-refractivity contribution in [1.29, 1.82) is 0 Å². The summed E-state index contributed by atoms with van der Waals surface area (Å²) in [5.41, 5.74) is 3.48. The van der Waals surface area contributed by atoms with Gasteiger partial charge in [-0.2, -0.15) is 0 Å². The minimum absolute atomic E-state index is 0.165. The van der Waals surface area contributed by atoms with Crippen LogP contribution in [0.5, 0.6) is 0 Å². The van der Waals surface area contributed by atoms with E-state index >= 15 is 0 Å². The Kier molecular flexibility index (Phi) is 4.25. The van der Waals surface area contributed by atoms with E-state index in [2.05, 4.69) is 15.3 Å². The summed E-state index contributed by atoms with van der Waals surface area (Å²) in [5.74, 6) is -0.165. The molecule has 3 aromatic rings. The summed E-state index contributed by atoms with van der Waals surface area (Å²) in [7, 11) is 0. The van der Waals surface area contributed by atoms with Crippen molar-refractivity contribution in [2.45, 2.75) is 13.5 Å². The van der Waals surface area contributed by atoms with Gasteiger partial charge in [0, 0.05) is 18.1 Å². The van der Waals surface area contributed by atoms with E-state index < -0.39 is 0 Å². The number of nitrogens with one attached hydrogen (secondary N) is 1. The van der Waals surface area contributed by atoms with Crippen molar-refractivity contribution in [3.63, 3.8) is 0 Å². The van der Waals surface area contributed by atoms with E-state index in [9.17, 15) is 4.79 Å². The van der Waals surface area contributed by atoms with Crippen molar-refractivity contribution < 1.29 is 4.79 Å². The smallest absolute Gasteiger partial charge is 0.271 e. The fourth-order valence-corrected chi connectivity index (χ4v) is 2.83. The Hall–Kier alpha value is -2.53. The predicted molar refractivity (Wildman–Crippen MR) is 87.7 cm³/mol. The highest BCUT2D eigenvalue weighted by molar-refractivity contribution is 7.13. The molecular formula is C17H15N3OS. The lowest BCUT2D eigenvalue weighted by atomic mass is 10.1. The molecule has 1 aromatic carbocycles. The molecule has 0 radical (unpaired) electrons. The number of thiazole rings is 1. The summed E-state index contributed by atoms with van der Waals surface area (Å²) >= 11 is 1.42. The quantitative estimate of drug-likeness (QED) is 0.803. The number of pyridine rings is 1. The van der Waals surface area contributed by atoms with Crippen LogP contribution < -0.4 is 5.32 Å². The third-order valence-electron chi connectivity index (χ3n) is 3.32. The van der Waals surface area contributed by atoms with Crippen LogP contribution in [0.1, 0.15) is 21.6 Å². The van der Waals surface area contributed by atoms with Crippen LogP contribution in [-0.4, -0.2) is 15.9 Å². The Morgan fingerprint density at radius 1 is 1.18 bits per heavy atom. The number of carbonyl (C=O) groups is 1. The molecule has 0 saturated heterocycles. The molecule has 0 spiro atoms. The van der Waals surface area contributed by atoms with Crippen molar-refractivity contribution in [2.75, 3.05) is 0 Å². The van der Waals surface area contributed by atoms with Crippen LogP contribution in [0.25, 0.3) is 10.7 Å². The number of rotatable bonds is 4. The molecule has 0 bridgehead atoms. The Morgan fingerprint density at radius 3 is 2.77 bits per heavy atom. The number of aromatic nitrogens is 2. The summed E-state index contributed by atoms with van der Waals surface area (Å²) < 4.78 is 0. The summed E-state index contributed by atoms with van der Waals surface area (Å²) in [4.78, 5) is 20.8. The average Bonchev–Trinajstić information content (AvgIpc) is 3.05. The van der Waals surface area contributed by atoms with Crippen LogP contribution in [0.4, 0.5) is 0 Å². The van der Waals surface area contributed by atoms with E-state index in [1.165, 1.54) is 11.3 Å². The molecule has 2 aromatic heterocycles. The monoisotopic (exact) mass is 309 g/mol. The van der Waals surface area contributed by atoms with Gasteiger partial charge < -0.3 is 5.32 Å². The van der Waals surface area contributed by atoms with Crippen LogP contribution in [0.3, 0.4) is 0 Å². The van der Waals surface area contributed by atoms with Crippen molar-refractivity contribution in [3.05, 3.63) is 70.9 Å². The number of aryl methyl sites for hydroxylation is 1. The molecular weight excluding hydrogens is 294 g/mol. The van der Waals surface area contributed by atoms with Crippen molar-refractivity contribution >= 4 is 17.2 Å². The molecule has 22 heavy (non-hydrogen) atoms. The lowest BCUT2D eigenvalue weighted by Crippen LogP contribution is -2.23. The zero-order chi connectivity index (χ0) is 15.4. The molecule has 2 heterocycles. The van der Waals surface area contributed by atoms with Gasteiger partial charge in [-0.1, -0.05) is 30.3 Å². The Balaban J connectivity index is 1.69. The molecule has 1 amide bonds. The first-order valence-electron chi connectivity index (χ1n) is 6.93. The van der Waals surface area contributed by atoms with E-state index in [1.54, 1.807) is 11.6 Å². The fraction of sp³-hybridized carbons (Fsp3) is 0.118. The van der Waals surface area contributed by atoms with Gasteiger partial charge in [0.15, 0.2) is 0 Å². The maximum atomic E-state index is 12.2. The maximum Gasteiger partial charge on any atom is 0.271 e. The Bertz CT molecular complexity index is 783. The third kappa shape index (κ3) is 3.20. The van der Waals surface area contributed by atoms with E-state index in [0.29, 0.717) is 12.2 Å². The van der Waals surface area contributed by atoms with Crippen molar-refractivity contribution in [2.24, 2.45) is 0 Å². The standard InChI is InChI=1S/C17H15N3OS/c1-12-6-2-3-7-13(12)10-19-16(21)15-11-22-17(20-15)14-8-4-5-9-18-14/h2-9,11H,10H2,1H3,(H,19,21). The number of hydrogen-bond donors (Lipinski definition) is 1. The molecule has 4 nitrogen and oxygen atoms in total. The maximum absolute atomic E-state index is 12.2. The zero-order valence-corrected chi connectivity index (χ0v) is 12.9. The van der Waals surface area contributed by atoms with E-state index in [-0.39, 0.29) is 5.91 Å². The minimum Gasteiger partial charge on any atom is -0.347 e. The Morgan fingerprint density at radius 2 is 2.00 bits per heavy atom. The highest BCUT2D eigenvalue weighted by Crippen LogP contribution is 2.21. The minimum atomic E-state index is -0.165. The van der Waals surface area contributed by atoms with Gasteiger partial charge in [-0.25, -0.2) is 4.98 Å².